The zero-order valence-electron chi connectivity index (χ0n) is 29.8. The third-order valence-corrected chi connectivity index (χ3v) is 11.8. The molecule has 1 atom stereocenters. The molecule has 0 radical (unpaired) electrons. The monoisotopic (exact) mass is 759 g/mol. The number of dihydropyridines is 1. The number of nitrogens with one attached hydrogen (secondary N) is 1. The van der Waals surface area contributed by atoms with Gasteiger partial charge in [0.1, 0.15) is 0 Å². The number of allylic oxidation sites excluding steroid dienone is 1. The molecule has 2 amide bonds. The molecule has 3 aliphatic rings. The number of rotatable bonds is 13. The Morgan fingerprint density at radius 1 is 0.980 bits per heavy atom. The normalized spacial score (nSPS) is 19.2. The van der Waals surface area contributed by atoms with Crippen LogP contribution in [0.15, 0.2) is 52.3 Å². The second-order valence-electron chi connectivity index (χ2n) is 13.5. The molecule has 1 aromatic heterocycles. The van der Waals surface area contributed by atoms with Gasteiger partial charge in [0.2, 0.25) is 11.8 Å². The number of thiazole rings is 1. The van der Waals surface area contributed by atoms with E-state index in [2.05, 4.69) is 15.2 Å². The molecule has 2 aliphatic heterocycles. The van der Waals surface area contributed by atoms with Gasteiger partial charge in [-0.25, -0.2) is 14.6 Å². The van der Waals surface area contributed by atoms with Crippen LogP contribution in [0.1, 0.15) is 68.9 Å². The summed E-state index contributed by atoms with van der Waals surface area (Å²) < 4.78 is 10.5. The molecular formula is C37H47Cl2N5O6S. The lowest BCUT2D eigenvalue weighted by Gasteiger charge is -2.42. The average molecular weight is 761 g/mol. The van der Waals surface area contributed by atoms with Crippen LogP contribution in [0.2, 0.25) is 10.0 Å². The number of amides is 2. The first-order valence-corrected chi connectivity index (χ1v) is 19.1. The van der Waals surface area contributed by atoms with Gasteiger partial charge in [-0.05, 0) is 38.3 Å². The zero-order chi connectivity index (χ0) is 36.7. The molecule has 2 aromatic rings. The Morgan fingerprint density at radius 2 is 1.61 bits per heavy atom. The summed E-state index contributed by atoms with van der Waals surface area (Å²) in [7, 11) is 2.53. The standard InChI is InChI=1S/C37H47Cl2N5O6S/c1-5-43(24(2)45)23-37(13-6-7-14-37)22-42-16-18-44(19-17-42)30(46)21-28-33(36(48)50-4)34(31-25(38)9-8-10-26(31)39)32(35(47)49-3)27(41-28)11-12-29-40-15-20-51-29/h8-10,15,20,34,41H,5-7,11-14,16-19,21-23H2,1-4H3. The smallest absolute Gasteiger partial charge is 0.336 e. The topological polar surface area (TPSA) is 121 Å². The molecule has 0 spiro atoms. The molecule has 1 N–H and O–H groups in total. The molecule has 276 valence electrons. The highest BCUT2D eigenvalue weighted by Crippen LogP contribution is 2.46. The van der Waals surface area contributed by atoms with Crippen LogP contribution in [0.25, 0.3) is 0 Å². The predicted octanol–water partition coefficient (Wildman–Crippen LogP) is 5.59. The lowest BCUT2D eigenvalue weighted by atomic mass is 9.78. The van der Waals surface area contributed by atoms with Gasteiger partial charge in [0.15, 0.2) is 0 Å². The highest BCUT2D eigenvalue weighted by Gasteiger charge is 2.43. The fourth-order valence-electron chi connectivity index (χ4n) is 7.77. The fourth-order valence-corrected chi connectivity index (χ4v) is 9.00. The third kappa shape index (κ3) is 8.96. The van der Waals surface area contributed by atoms with Crippen molar-refractivity contribution in [2.24, 2.45) is 5.41 Å². The minimum Gasteiger partial charge on any atom is -0.466 e. The van der Waals surface area contributed by atoms with E-state index in [1.807, 2.05) is 22.1 Å². The Hall–Kier alpha value is -3.45. The molecule has 1 saturated carbocycles. The highest BCUT2D eigenvalue weighted by atomic mass is 35.5. The molecule has 11 nitrogen and oxygen atoms in total. The maximum Gasteiger partial charge on any atom is 0.336 e. The van der Waals surface area contributed by atoms with Crippen molar-refractivity contribution in [2.75, 3.05) is 60.0 Å². The summed E-state index contributed by atoms with van der Waals surface area (Å²) >= 11 is 15.0. The number of methoxy groups -OCH3 is 2. The van der Waals surface area contributed by atoms with Gasteiger partial charge in [0.05, 0.1) is 42.7 Å². The van der Waals surface area contributed by atoms with Gasteiger partial charge in [-0.15, -0.1) is 11.3 Å². The van der Waals surface area contributed by atoms with Crippen LogP contribution in [-0.2, 0) is 35.1 Å². The molecule has 2 fully saturated rings. The molecule has 3 heterocycles. The van der Waals surface area contributed by atoms with Crippen LogP contribution < -0.4 is 5.32 Å². The minimum absolute atomic E-state index is 0.0633. The Balaban J connectivity index is 1.42. The van der Waals surface area contributed by atoms with Crippen LogP contribution >= 0.6 is 34.5 Å². The number of aryl methyl sites for hydroxylation is 1. The number of hydrogen-bond acceptors (Lipinski definition) is 10. The van der Waals surface area contributed by atoms with Crippen molar-refractivity contribution >= 4 is 58.3 Å². The Bertz CT molecular complexity index is 1640. The van der Waals surface area contributed by atoms with Crippen LogP contribution in [0.5, 0.6) is 0 Å². The number of carbonyl (C=O) groups excluding carboxylic acids is 4. The van der Waals surface area contributed by atoms with Gasteiger partial charge < -0.3 is 24.6 Å². The van der Waals surface area contributed by atoms with E-state index >= 15 is 0 Å². The van der Waals surface area contributed by atoms with E-state index in [-0.39, 0.29) is 44.8 Å². The fraction of sp³-hybridized carbons (Fsp3) is 0.541. The first kappa shape index (κ1) is 38.8. The van der Waals surface area contributed by atoms with Crippen molar-refractivity contribution in [3.8, 4) is 0 Å². The Labute approximate surface area is 313 Å². The predicted molar refractivity (Wildman–Crippen MR) is 197 cm³/mol. The summed E-state index contributed by atoms with van der Waals surface area (Å²) in [5, 5.41) is 6.56. The largest absolute Gasteiger partial charge is 0.466 e. The van der Waals surface area contributed by atoms with Crippen molar-refractivity contribution in [3.63, 3.8) is 0 Å². The molecule has 1 saturated heterocycles. The number of ether oxygens (including phenoxy) is 2. The third-order valence-electron chi connectivity index (χ3n) is 10.3. The first-order valence-electron chi connectivity index (χ1n) is 17.5. The average Bonchev–Trinajstić information content (AvgIpc) is 3.82. The Kier molecular flexibility index (Phi) is 13.2. The number of hydrogen-bond donors (Lipinski definition) is 1. The van der Waals surface area contributed by atoms with E-state index in [0.717, 1.165) is 43.8 Å². The number of aromatic nitrogens is 1. The minimum atomic E-state index is -1.06. The SMILES string of the molecule is CCN(CC1(CN2CCN(C(=O)CC3=C(C(=O)OC)C(c4c(Cl)cccc4Cl)C(C(=O)OC)=C(CCc4nccs4)N3)CC2)CCCC1)C(C)=O. The number of esters is 2. The van der Waals surface area contributed by atoms with Crippen molar-refractivity contribution < 1.29 is 28.7 Å². The van der Waals surface area contributed by atoms with E-state index in [1.54, 1.807) is 31.3 Å². The van der Waals surface area contributed by atoms with Crippen molar-refractivity contribution in [1.82, 2.24) is 25.0 Å². The molecular weight excluding hydrogens is 713 g/mol. The summed E-state index contributed by atoms with van der Waals surface area (Å²) in [4.78, 5) is 64.2. The van der Waals surface area contributed by atoms with Gasteiger partial charge in [-0.3, -0.25) is 14.5 Å². The maximum atomic E-state index is 14.1. The Morgan fingerprint density at radius 3 is 2.16 bits per heavy atom. The van der Waals surface area contributed by atoms with E-state index < -0.39 is 17.9 Å². The number of piperazine rings is 1. The molecule has 1 aliphatic carbocycles. The molecule has 14 heteroatoms. The second-order valence-corrected chi connectivity index (χ2v) is 15.3. The number of benzene rings is 1. The van der Waals surface area contributed by atoms with Crippen molar-refractivity contribution in [2.45, 2.75) is 64.7 Å². The van der Waals surface area contributed by atoms with E-state index in [0.29, 0.717) is 62.5 Å². The molecule has 5 rings (SSSR count). The van der Waals surface area contributed by atoms with Gasteiger partial charge in [-0.1, -0.05) is 42.1 Å². The lowest BCUT2D eigenvalue weighted by molar-refractivity contribution is -0.137. The summed E-state index contributed by atoms with van der Waals surface area (Å²) in [6.45, 7) is 8.48. The first-order chi connectivity index (χ1) is 24.5. The highest BCUT2D eigenvalue weighted by molar-refractivity contribution is 7.09. The van der Waals surface area contributed by atoms with Gasteiger partial charge in [0, 0.05) is 103 Å². The quantitative estimate of drug-likeness (QED) is 0.261. The van der Waals surface area contributed by atoms with E-state index in [1.165, 1.54) is 25.6 Å². The summed E-state index contributed by atoms with van der Waals surface area (Å²) in [5.74, 6) is -2.49. The molecule has 0 bridgehead atoms. The van der Waals surface area contributed by atoms with Crippen LogP contribution in [-0.4, -0.2) is 103 Å². The van der Waals surface area contributed by atoms with Crippen molar-refractivity contribution in [3.05, 3.63) is 72.9 Å². The lowest BCUT2D eigenvalue weighted by Crippen LogP contribution is -2.53. The number of halogens is 2. The number of nitrogens with zero attached hydrogens (tertiary/aromatic N) is 4. The summed E-state index contributed by atoms with van der Waals surface area (Å²) in [5.41, 5.74) is 1.47. The summed E-state index contributed by atoms with van der Waals surface area (Å²) in [6, 6.07) is 4.97. The zero-order valence-corrected chi connectivity index (χ0v) is 32.1. The van der Waals surface area contributed by atoms with Gasteiger partial charge >= 0.3 is 11.9 Å². The summed E-state index contributed by atoms with van der Waals surface area (Å²) in [6.07, 6.45) is 6.95. The van der Waals surface area contributed by atoms with Gasteiger partial charge in [0.25, 0.3) is 0 Å². The van der Waals surface area contributed by atoms with E-state index in [4.69, 9.17) is 32.7 Å². The van der Waals surface area contributed by atoms with Gasteiger partial charge in [-0.2, -0.15) is 0 Å². The van der Waals surface area contributed by atoms with Crippen LogP contribution in [0.4, 0.5) is 0 Å². The number of carbonyl (C=O) groups is 4. The van der Waals surface area contributed by atoms with E-state index in [9.17, 15) is 19.2 Å². The molecule has 1 unspecified atom stereocenters. The van der Waals surface area contributed by atoms with Crippen LogP contribution in [0.3, 0.4) is 0 Å². The maximum absolute atomic E-state index is 14.1. The molecule has 51 heavy (non-hydrogen) atoms. The second kappa shape index (κ2) is 17.4. The molecule has 1 aromatic carbocycles. The van der Waals surface area contributed by atoms with Crippen molar-refractivity contribution in [1.29, 1.82) is 0 Å². The van der Waals surface area contributed by atoms with Crippen LogP contribution in [0, 0.1) is 5.41 Å².